The Kier molecular flexibility index (Phi) is 2.57. The van der Waals surface area contributed by atoms with E-state index in [9.17, 15) is 9.59 Å². The van der Waals surface area contributed by atoms with E-state index in [1.807, 2.05) is 0 Å². The van der Waals surface area contributed by atoms with Crippen LogP contribution < -0.4 is 17.0 Å². The minimum Gasteiger partial charge on any atom is -0.369 e. The lowest BCUT2D eigenvalue weighted by Crippen LogP contribution is -2.33. The molecule has 0 aliphatic heterocycles. The van der Waals surface area contributed by atoms with Crippen molar-refractivity contribution in [3.05, 3.63) is 0 Å². The van der Waals surface area contributed by atoms with E-state index in [4.69, 9.17) is 0 Å². The van der Waals surface area contributed by atoms with Crippen LogP contribution in [0.1, 0.15) is 6.42 Å². The predicted octanol–water partition coefficient (Wildman–Crippen LogP) is -2.15. The summed E-state index contributed by atoms with van der Waals surface area (Å²) in [6.07, 6.45) is -0.351. The van der Waals surface area contributed by atoms with Crippen molar-refractivity contribution >= 4 is 11.8 Å². The molecule has 8 heavy (non-hydrogen) atoms. The Hall–Kier alpha value is -1.10. The van der Waals surface area contributed by atoms with Crippen molar-refractivity contribution in [1.82, 2.24) is 5.43 Å². The minimum absolute atomic E-state index is 0.351. The van der Waals surface area contributed by atoms with Crippen molar-refractivity contribution in [1.29, 1.82) is 0 Å². The molecule has 0 aromatic carbocycles. The average molecular weight is 117 g/mol. The zero-order valence-corrected chi connectivity index (χ0v) is 4.18. The fourth-order valence-corrected chi connectivity index (χ4v) is 0.209. The van der Waals surface area contributed by atoms with Gasteiger partial charge >= 0.3 is 0 Å². The van der Waals surface area contributed by atoms with E-state index in [0.717, 1.165) is 0 Å². The second kappa shape index (κ2) is 2.98. The Balaban J connectivity index is 3.40. The van der Waals surface area contributed by atoms with E-state index < -0.39 is 11.8 Å². The van der Waals surface area contributed by atoms with Gasteiger partial charge in [-0.15, -0.1) is 0 Å². The highest BCUT2D eigenvalue weighted by atomic mass is 16.2. The monoisotopic (exact) mass is 117 g/mol. The third-order valence-corrected chi connectivity index (χ3v) is 0.496. The summed E-state index contributed by atoms with van der Waals surface area (Å²) in [6, 6.07) is 0. The van der Waals surface area contributed by atoms with Crippen LogP contribution in [0.4, 0.5) is 0 Å². The molecule has 5 heteroatoms. The molecule has 0 aromatic heterocycles. The molecular weight excluding hydrogens is 110 g/mol. The number of hydrogen-bond donors (Lipinski definition) is 3. The molecule has 0 radical (unpaired) electrons. The topological polar surface area (TPSA) is 98.2 Å². The van der Waals surface area contributed by atoms with Crippen molar-refractivity contribution in [3.8, 4) is 0 Å². The molecule has 0 spiro atoms. The molecule has 0 bridgehead atoms. The second-order valence-electron chi connectivity index (χ2n) is 1.21. The lowest BCUT2D eigenvalue weighted by molar-refractivity contribution is -0.127. The summed E-state index contributed by atoms with van der Waals surface area (Å²) in [5, 5.41) is 0. The van der Waals surface area contributed by atoms with Gasteiger partial charge in [0.25, 0.3) is 0 Å². The maximum atomic E-state index is 10.1. The lowest BCUT2D eigenvalue weighted by Gasteiger charge is -1.91. The summed E-state index contributed by atoms with van der Waals surface area (Å²) in [4.78, 5) is 20.0. The van der Waals surface area contributed by atoms with Gasteiger partial charge in [0.1, 0.15) is 6.42 Å². The van der Waals surface area contributed by atoms with Crippen LogP contribution in [-0.2, 0) is 9.59 Å². The summed E-state index contributed by atoms with van der Waals surface area (Å²) < 4.78 is 0. The zero-order valence-electron chi connectivity index (χ0n) is 4.18. The van der Waals surface area contributed by atoms with Crippen molar-refractivity contribution in [2.45, 2.75) is 6.42 Å². The molecule has 0 rings (SSSR count). The molecule has 0 heterocycles. The molecule has 0 unspecified atom stereocenters. The summed E-state index contributed by atoms with van der Waals surface area (Å²) in [6.45, 7) is 0. The maximum absolute atomic E-state index is 10.1. The molecule has 5 N–H and O–H groups in total. The number of carbonyl (C=O) groups excluding carboxylic acids is 2. The Morgan fingerprint density at radius 3 is 2.12 bits per heavy atom. The first-order valence-electron chi connectivity index (χ1n) is 1.94. The van der Waals surface area contributed by atoms with Gasteiger partial charge in [0.05, 0.1) is 0 Å². The average Bonchev–Trinajstić information content (AvgIpc) is 1.65. The van der Waals surface area contributed by atoms with Crippen molar-refractivity contribution in [2.75, 3.05) is 0 Å². The number of carbonyl (C=O) groups is 2. The van der Waals surface area contributed by atoms with Gasteiger partial charge in [0.2, 0.25) is 11.8 Å². The molecule has 2 amide bonds. The van der Waals surface area contributed by atoms with Crippen molar-refractivity contribution < 1.29 is 9.59 Å². The van der Waals surface area contributed by atoms with Gasteiger partial charge in [-0.1, -0.05) is 0 Å². The fourth-order valence-electron chi connectivity index (χ4n) is 0.209. The summed E-state index contributed by atoms with van der Waals surface area (Å²) in [7, 11) is 0. The van der Waals surface area contributed by atoms with Crippen LogP contribution in [0.25, 0.3) is 0 Å². The van der Waals surface area contributed by atoms with Crippen LogP contribution in [0, 0.1) is 0 Å². The normalized spacial score (nSPS) is 8.12. The number of hydrazine groups is 1. The fraction of sp³-hybridized carbons (Fsp3) is 0.333. The molecule has 46 valence electrons. The first kappa shape index (κ1) is 6.90. The van der Waals surface area contributed by atoms with Gasteiger partial charge in [0.15, 0.2) is 0 Å². The van der Waals surface area contributed by atoms with Gasteiger partial charge in [-0.3, -0.25) is 15.0 Å². The minimum atomic E-state index is -0.687. The second-order valence-corrected chi connectivity index (χ2v) is 1.21. The standard InChI is InChI=1S/C3H7N3O2/c4-2(7)1-3(8)6-5/h1,5H2,(H2,4,7)(H,6,8). The SMILES string of the molecule is NNC(=O)CC(N)=O. The summed E-state index contributed by atoms with van der Waals surface area (Å²) in [5.41, 5.74) is 6.37. The third kappa shape index (κ3) is 3.10. The Morgan fingerprint density at radius 2 is 2.00 bits per heavy atom. The van der Waals surface area contributed by atoms with Gasteiger partial charge < -0.3 is 5.73 Å². The Bertz CT molecular complexity index is 111. The summed E-state index contributed by atoms with van der Waals surface area (Å²) >= 11 is 0. The lowest BCUT2D eigenvalue weighted by atomic mass is 10.4. The number of rotatable bonds is 2. The highest BCUT2D eigenvalue weighted by Crippen LogP contribution is 1.71. The van der Waals surface area contributed by atoms with E-state index >= 15 is 0 Å². The van der Waals surface area contributed by atoms with Crippen LogP contribution in [-0.4, -0.2) is 11.8 Å². The predicted molar refractivity (Wildman–Crippen MR) is 26.1 cm³/mol. The zero-order chi connectivity index (χ0) is 6.57. The molecule has 0 atom stereocenters. The molecule has 0 saturated heterocycles. The van der Waals surface area contributed by atoms with Crippen LogP contribution in [0.5, 0.6) is 0 Å². The quantitative estimate of drug-likeness (QED) is 0.166. The molecule has 0 aliphatic carbocycles. The number of nitrogens with two attached hydrogens (primary N) is 2. The van der Waals surface area contributed by atoms with Gasteiger partial charge in [-0.25, -0.2) is 5.84 Å². The van der Waals surface area contributed by atoms with Gasteiger partial charge in [0, 0.05) is 0 Å². The van der Waals surface area contributed by atoms with Gasteiger partial charge in [-0.2, -0.15) is 0 Å². The number of nitrogens with one attached hydrogen (secondary N) is 1. The van der Waals surface area contributed by atoms with Crippen LogP contribution in [0.15, 0.2) is 0 Å². The number of amides is 2. The first-order valence-corrected chi connectivity index (χ1v) is 1.94. The summed E-state index contributed by atoms with van der Waals surface area (Å²) in [5.74, 6) is 3.35. The molecule has 5 nitrogen and oxygen atoms in total. The highest BCUT2D eigenvalue weighted by molar-refractivity contribution is 5.95. The largest absolute Gasteiger partial charge is 0.369 e. The Labute approximate surface area is 46.0 Å². The molecular formula is C3H7N3O2. The van der Waals surface area contributed by atoms with E-state index in [2.05, 4.69) is 11.6 Å². The van der Waals surface area contributed by atoms with E-state index in [-0.39, 0.29) is 6.42 Å². The van der Waals surface area contributed by atoms with Crippen LogP contribution in [0.3, 0.4) is 0 Å². The molecule has 0 aliphatic rings. The van der Waals surface area contributed by atoms with Gasteiger partial charge in [-0.05, 0) is 0 Å². The van der Waals surface area contributed by atoms with E-state index in [1.54, 1.807) is 5.43 Å². The van der Waals surface area contributed by atoms with E-state index in [0.29, 0.717) is 0 Å². The molecule has 0 saturated carbocycles. The van der Waals surface area contributed by atoms with Crippen molar-refractivity contribution in [2.24, 2.45) is 11.6 Å². The van der Waals surface area contributed by atoms with E-state index in [1.165, 1.54) is 0 Å². The number of primary amides is 1. The number of hydrogen-bond acceptors (Lipinski definition) is 3. The molecule has 0 aromatic rings. The highest BCUT2D eigenvalue weighted by Gasteiger charge is 2.00. The smallest absolute Gasteiger partial charge is 0.243 e. The van der Waals surface area contributed by atoms with Crippen LogP contribution in [0.2, 0.25) is 0 Å². The Morgan fingerprint density at radius 1 is 1.50 bits per heavy atom. The first-order chi connectivity index (χ1) is 3.66. The maximum Gasteiger partial charge on any atom is 0.243 e. The third-order valence-electron chi connectivity index (χ3n) is 0.496. The van der Waals surface area contributed by atoms with Crippen LogP contribution >= 0.6 is 0 Å². The van der Waals surface area contributed by atoms with Crippen molar-refractivity contribution in [3.63, 3.8) is 0 Å². The molecule has 0 fully saturated rings.